The first-order valence-electron chi connectivity index (χ1n) is 9.68. The molecule has 1 aliphatic rings. The van der Waals surface area contributed by atoms with Crippen LogP contribution in [0.25, 0.3) is 10.4 Å². The zero-order valence-electron chi connectivity index (χ0n) is 17.3. The SMILES string of the molecule is C=CC[C@H]1CN(C(=O)CN(Cc2ccccc2)C(=O)OC(C)(C)C)C[C@@H]1N=[N+]=[N-]. The van der Waals surface area contributed by atoms with Gasteiger partial charge in [0.05, 0.1) is 6.04 Å². The van der Waals surface area contributed by atoms with Gasteiger partial charge in [-0.15, -0.1) is 6.58 Å². The number of azide groups is 1. The van der Waals surface area contributed by atoms with E-state index in [0.29, 0.717) is 19.5 Å². The lowest BCUT2D eigenvalue weighted by atomic mass is 10.0. The first-order chi connectivity index (χ1) is 13.7. The van der Waals surface area contributed by atoms with Crippen molar-refractivity contribution in [1.82, 2.24) is 9.80 Å². The molecule has 1 aliphatic heterocycles. The van der Waals surface area contributed by atoms with Gasteiger partial charge in [0.25, 0.3) is 0 Å². The van der Waals surface area contributed by atoms with E-state index in [1.54, 1.807) is 31.7 Å². The minimum atomic E-state index is -0.662. The molecule has 0 bridgehead atoms. The molecule has 1 aromatic carbocycles. The predicted octanol–water partition coefficient (Wildman–Crippen LogP) is 4.14. The van der Waals surface area contributed by atoms with Crippen LogP contribution in [0.2, 0.25) is 0 Å². The number of likely N-dealkylation sites (tertiary alicyclic amines) is 1. The Balaban J connectivity index is 2.12. The highest BCUT2D eigenvalue weighted by Crippen LogP contribution is 2.24. The Labute approximate surface area is 171 Å². The van der Waals surface area contributed by atoms with Crippen molar-refractivity contribution in [2.24, 2.45) is 11.0 Å². The molecule has 0 spiro atoms. The van der Waals surface area contributed by atoms with Crippen molar-refractivity contribution in [2.45, 2.75) is 45.4 Å². The summed E-state index contributed by atoms with van der Waals surface area (Å²) in [6.07, 6.45) is 1.89. The van der Waals surface area contributed by atoms with Crippen molar-refractivity contribution < 1.29 is 14.3 Å². The molecule has 0 radical (unpaired) electrons. The Kier molecular flexibility index (Phi) is 7.67. The predicted molar refractivity (Wildman–Crippen MR) is 111 cm³/mol. The van der Waals surface area contributed by atoms with Gasteiger partial charge in [-0.25, -0.2) is 4.79 Å². The van der Waals surface area contributed by atoms with Crippen LogP contribution in [0.5, 0.6) is 0 Å². The molecule has 0 saturated carbocycles. The Morgan fingerprint density at radius 2 is 2.03 bits per heavy atom. The number of carbonyl (C=O) groups is 2. The standard InChI is InChI=1S/C21H29N5O3/c1-5-9-17-13-25(14-18(17)23-24-22)19(27)15-26(20(28)29-21(2,3)4)12-16-10-7-6-8-11-16/h5-8,10-11,17-18H,1,9,12-15H2,2-4H3/t17-,18-/m0/s1. The lowest BCUT2D eigenvalue weighted by Gasteiger charge is -2.28. The van der Waals surface area contributed by atoms with Gasteiger partial charge in [0.15, 0.2) is 0 Å². The first-order valence-corrected chi connectivity index (χ1v) is 9.68. The number of amides is 2. The summed E-state index contributed by atoms with van der Waals surface area (Å²) in [5, 5.41) is 3.82. The van der Waals surface area contributed by atoms with Crippen molar-refractivity contribution in [1.29, 1.82) is 0 Å². The third-order valence-corrected chi connectivity index (χ3v) is 4.62. The maximum atomic E-state index is 12.9. The summed E-state index contributed by atoms with van der Waals surface area (Å²) in [7, 11) is 0. The van der Waals surface area contributed by atoms with E-state index >= 15 is 0 Å². The molecule has 0 unspecified atom stereocenters. The minimum Gasteiger partial charge on any atom is -0.444 e. The molecule has 8 heteroatoms. The first kappa shape index (κ1) is 22.3. The maximum Gasteiger partial charge on any atom is 0.411 e. The van der Waals surface area contributed by atoms with Gasteiger partial charge in [0.2, 0.25) is 5.91 Å². The lowest BCUT2D eigenvalue weighted by molar-refractivity contribution is -0.131. The molecule has 0 aliphatic carbocycles. The number of hydrogen-bond donors (Lipinski definition) is 0. The molecule has 156 valence electrons. The summed E-state index contributed by atoms with van der Waals surface area (Å²) in [5.41, 5.74) is 9.03. The van der Waals surface area contributed by atoms with Crippen LogP contribution in [0.3, 0.4) is 0 Å². The topological polar surface area (TPSA) is 98.6 Å². The average Bonchev–Trinajstić information content (AvgIpc) is 3.04. The summed E-state index contributed by atoms with van der Waals surface area (Å²) in [5.74, 6) is -0.159. The summed E-state index contributed by atoms with van der Waals surface area (Å²) in [6.45, 7) is 10.1. The van der Waals surface area contributed by atoms with Gasteiger partial charge in [-0.05, 0) is 44.2 Å². The van der Waals surface area contributed by atoms with Crippen molar-refractivity contribution in [2.75, 3.05) is 19.6 Å². The molecule has 1 aromatic rings. The third kappa shape index (κ3) is 6.84. The second kappa shape index (κ2) is 9.98. The highest BCUT2D eigenvalue weighted by atomic mass is 16.6. The number of hydrogen-bond acceptors (Lipinski definition) is 4. The maximum absolute atomic E-state index is 12.9. The molecule has 2 atom stereocenters. The van der Waals surface area contributed by atoms with Crippen molar-refractivity contribution in [3.8, 4) is 0 Å². The van der Waals surface area contributed by atoms with Crippen molar-refractivity contribution >= 4 is 12.0 Å². The summed E-state index contributed by atoms with van der Waals surface area (Å²) in [6, 6.07) is 9.17. The zero-order chi connectivity index (χ0) is 21.4. The molecule has 29 heavy (non-hydrogen) atoms. The molecular formula is C21H29N5O3. The molecule has 1 saturated heterocycles. The van der Waals surface area contributed by atoms with Crippen LogP contribution >= 0.6 is 0 Å². The van der Waals surface area contributed by atoms with Gasteiger partial charge in [0.1, 0.15) is 12.1 Å². The van der Waals surface area contributed by atoms with Crippen molar-refractivity contribution in [3.05, 3.63) is 59.0 Å². The van der Waals surface area contributed by atoms with E-state index in [-0.39, 0.29) is 31.0 Å². The quantitative estimate of drug-likeness (QED) is 0.298. The second-order valence-electron chi connectivity index (χ2n) is 8.18. The number of allylic oxidation sites excluding steroid dienone is 1. The molecular weight excluding hydrogens is 370 g/mol. The largest absolute Gasteiger partial charge is 0.444 e. The smallest absolute Gasteiger partial charge is 0.411 e. The fourth-order valence-corrected chi connectivity index (χ4v) is 3.28. The normalized spacial score (nSPS) is 18.7. The van der Waals surface area contributed by atoms with E-state index in [4.69, 9.17) is 10.3 Å². The highest BCUT2D eigenvalue weighted by molar-refractivity contribution is 5.82. The number of benzene rings is 1. The van der Waals surface area contributed by atoms with Crippen LogP contribution in [-0.4, -0.2) is 53.1 Å². The molecule has 1 heterocycles. The van der Waals surface area contributed by atoms with E-state index in [9.17, 15) is 9.59 Å². The van der Waals surface area contributed by atoms with Gasteiger partial charge in [-0.1, -0.05) is 41.5 Å². The molecule has 2 amide bonds. The number of rotatable bonds is 7. The Bertz CT molecular complexity index is 768. The summed E-state index contributed by atoms with van der Waals surface area (Å²) < 4.78 is 5.49. The highest BCUT2D eigenvalue weighted by Gasteiger charge is 2.35. The fraction of sp³-hybridized carbons (Fsp3) is 0.524. The van der Waals surface area contributed by atoms with Gasteiger partial charge in [-0.2, -0.15) is 0 Å². The molecule has 1 fully saturated rings. The Hall–Kier alpha value is -2.99. The van der Waals surface area contributed by atoms with Gasteiger partial charge in [-0.3, -0.25) is 9.69 Å². The van der Waals surface area contributed by atoms with Crippen LogP contribution in [0, 0.1) is 5.92 Å². The molecule has 2 rings (SSSR count). The monoisotopic (exact) mass is 399 g/mol. The van der Waals surface area contributed by atoms with Crippen LogP contribution in [0.4, 0.5) is 4.79 Å². The lowest BCUT2D eigenvalue weighted by Crippen LogP contribution is -2.44. The second-order valence-corrected chi connectivity index (χ2v) is 8.18. The molecule has 0 N–H and O–H groups in total. The van der Waals surface area contributed by atoms with Gasteiger partial charge >= 0.3 is 6.09 Å². The summed E-state index contributed by atoms with van der Waals surface area (Å²) in [4.78, 5) is 31.6. The summed E-state index contributed by atoms with van der Waals surface area (Å²) >= 11 is 0. The minimum absolute atomic E-state index is 0.0384. The van der Waals surface area contributed by atoms with E-state index in [1.807, 2.05) is 30.3 Å². The van der Waals surface area contributed by atoms with Crippen LogP contribution in [0.1, 0.15) is 32.8 Å². The fourth-order valence-electron chi connectivity index (χ4n) is 3.28. The van der Waals surface area contributed by atoms with E-state index in [2.05, 4.69) is 16.6 Å². The number of carbonyl (C=O) groups excluding carboxylic acids is 2. The zero-order valence-corrected chi connectivity index (χ0v) is 17.3. The Morgan fingerprint density at radius 1 is 1.34 bits per heavy atom. The van der Waals surface area contributed by atoms with Crippen LogP contribution in [-0.2, 0) is 16.1 Å². The average molecular weight is 399 g/mol. The number of nitrogens with zero attached hydrogens (tertiary/aromatic N) is 5. The van der Waals surface area contributed by atoms with E-state index < -0.39 is 11.7 Å². The van der Waals surface area contributed by atoms with Crippen molar-refractivity contribution in [3.63, 3.8) is 0 Å². The van der Waals surface area contributed by atoms with Gasteiger partial charge in [0, 0.05) is 24.5 Å². The van der Waals surface area contributed by atoms with Gasteiger partial charge < -0.3 is 9.64 Å². The van der Waals surface area contributed by atoms with Crippen LogP contribution < -0.4 is 0 Å². The molecule has 8 nitrogen and oxygen atoms in total. The number of ether oxygens (including phenoxy) is 1. The van der Waals surface area contributed by atoms with E-state index in [0.717, 1.165) is 5.56 Å². The molecule has 0 aromatic heterocycles. The third-order valence-electron chi connectivity index (χ3n) is 4.62. The van der Waals surface area contributed by atoms with E-state index in [1.165, 1.54) is 4.90 Å². The Morgan fingerprint density at radius 3 is 2.62 bits per heavy atom. The van der Waals surface area contributed by atoms with Crippen LogP contribution in [0.15, 0.2) is 48.1 Å².